The number of ether oxygens (including phenoxy) is 1. The Labute approximate surface area is 177 Å². The van der Waals surface area contributed by atoms with Crippen LogP contribution in [0.3, 0.4) is 0 Å². The van der Waals surface area contributed by atoms with Crippen molar-refractivity contribution in [3.63, 3.8) is 0 Å². The maximum absolute atomic E-state index is 13.9. The Hall–Kier alpha value is -2.16. The first kappa shape index (κ1) is 22.5. The third kappa shape index (κ3) is 5.50. The molecule has 0 radical (unpaired) electrons. The Bertz CT molecular complexity index is 898. The van der Waals surface area contributed by atoms with Crippen molar-refractivity contribution in [1.29, 1.82) is 0 Å². The smallest absolute Gasteiger partial charge is 0.410 e. The zero-order valence-corrected chi connectivity index (χ0v) is 18.5. The molecule has 2 saturated heterocycles. The first-order valence-electron chi connectivity index (χ1n) is 10.2. The number of nitrogens with zero attached hydrogens (tertiary/aromatic N) is 2. The van der Waals surface area contributed by atoms with Crippen LogP contribution in [0.2, 0.25) is 0 Å². The largest absolute Gasteiger partial charge is 0.444 e. The SMILES string of the molecule is CC(C)(C)OC(=O)N1CCN(C(=O)C2CCS(=O)(=O)CC2)C(c2cccc(F)c2)C1. The molecule has 166 valence electrons. The minimum atomic E-state index is -3.08. The quantitative estimate of drug-likeness (QED) is 0.706. The van der Waals surface area contributed by atoms with Gasteiger partial charge in [0.05, 0.1) is 17.5 Å². The first-order valence-corrected chi connectivity index (χ1v) is 12.0. The summed E-state index contributed by atoms with van der Waals surface area (Å²) in [4.78, 5) is 29.0. The van der Waals surface area contributed by atoms with E-state index in [-0.39, 0.29) is 36.4 Å². The molecule has 1 atom stereocenters. The van der Waals surface area contributed by atoms with Gasteiger partial charge in [-0.1, -0.05) is 12.1 Å². The number of amides is 2. The number of piperazine rings is 1. The summed E-state index contributed by atoms with van der Waals surface area (Å²) in [7, 11) is -3.08. The predicted molar refractivity (Wildman–Crippen MR) is 110 cm³/mol. The Morgan fingerprint density at radius 2 is 1.80 bits per heavy atom. The second-order valence-electron chi connectivity index (χ2n) is 8.95. The van der Waals surface area contributed by atoms with Crippen LogP contribution in [0.4, 0.5) is 9.18 Å². The highest BCUT2D eigenvalue weighted by Crippen LogP contribution is 2.31. The molecule has 0 aromatic heterocycles. The maximum Gasteiger partial charge on any atom is 0.410 e. The summed E-state index contributed by atoms with van der Waals surface area (Å²) in [5.74, 6) is -0.920. The molecule has 1 unspecified atom stereocenters. The van der Waals surface area contributed by atoms with Gasteiger partial charge in [0.1, 0.15) is 21.3 Å². The Balaban J connectivity index is 1.82. The molecular formula is C21H29FN2O5S. The Kier molecular flexibility index (Phi) is 6.40. The average molecular weight is 441 g/mol. The zero-order valence-electron chi connectivity index (χ0n) is 17.6. The van der Waals surface area contributed by atoms with Crippen LogP contribution in [-0.4, -0.2) is 67.0 Å². The standard InChI is InChI=1S/C21H29FN2O5S/c1-21(2,3)29-20(26)23-9-10-24(18(14-23)16-5-4-6-17(22)13-16)19(25)15-7-11-30(27,28)12-8-15/h4-6,13,15,18H,7-12,14H2,1-3H3. The highest BCUT2D eigenvalue weighted by molar-refractivity contribution is 7.91. The molecule has 2 aliphatic rings. The minimum absolute atomic E-state index is 0.00587. The molecule has 0 spiro atoms. The fourth-order valence-corrected chi connectivity index (χ4v) is 5.40. The van der Waals surface area contributed by atoms with Crippen molar-refractivity contribution in [1.82, 2.24) is 9.80 Å². The first-order chi connectivity index (χ1) is 14.0. The lowest BCUT2D eigenvalue weighted by Crippen LogP contribution is -2.54. The van der Waals surface area contributed by atoms with E-state index < -0.39 is 33.4 Å². The summed E-state index contributed by atoms with van der Waals surface area (Å²) in [6, 6.07) is 5.49. The molecule has 3 rings (SSSR count). The predicted octanol–water partition coefficient (Wildman–Crippen LogP) is 2.77. The molecule has 7 nitrogen and oxygen atoms in total. The summed E-state index contributed by atoms with van der Waals surface area (Å²) in [6.45, 7) is 6.12. The van der Waals surface area contributed by atoms with Crippen LogP contribution >= 0.6 is 0 Å². The molecule has 0 saturated carbocycles. The number of hydrogen-bond acceptors (Lipinski definition) is 5. The van der Waals surface area contributed by atoms with Crippen molar-refractivity contribution >= 4 is 21.8 Å². The van der Waals surface area contributed by atoms with Crippen molar-refractivity contribution in [3.8, 4) is 0 Å². The number of hydrogen-bond donors (Lipinski definition) is 0. The monoisotopic (exact) mass is 440 g/mol. The molecule has 2 amide bonds. The Morgan fingerprint density at radius 3 is 2.40 bits per heavy atom. The fraction of sp³-hybridized carbons (Fsp3) is 0.619. The highest BCUT2D eigenvalue weighted by atomic mass is 32.2. The van der Waals surface area contributed by atoms with Crippen LogP contribution in [0.25, 0.3) is 0 Å². The molecule has 0 N–H and O–H groups in total. The fourth-order valence-electron chi connectivity index (χ4n) is 3.91. The van der Waals surface area contributed by atoms with Gasteiger partial charge >= 0.3 is 6.09 Å². The molecule has 2 fully saturated rings. The van der Waals surface area contributed by atoms with Crippen LogP contribution in [0.15, 0.2) is 24.3 Å². The molecule has 1 aromatic rings. The third-order valence-electron chi connectivity index (χ3n) is 5.45. The Morgan fingerprint density at radius 1 is 1.13 bits per heavy atom. The van der Waals surface area contributed by atoms with Crippen LogP contribution < -0.4 is 0 Å². The lowest BCUT2D eigenvalue weighted by atomic mass is 9.96. The third-order valence-corrected chi connectivity index (χ3v) is 7.17. The van der Waals surface area contributed by atoms with E-state index in [1.165, 1.54) is 17.0 Å². The van der Waals surface area contributed by atoms with Crippen LogP contribution in [-0.2, 0) is 19.4 Å². The van der Waals surface area contributed by atoms with Gasteiger partial charge in [0.2, 0.25) is 5.91 Å². The van der Waals surface area contributed by atoms with E-state index in [0.717, 1.165) is 0 Å². The number of rotatable bonds is 2. The van der Waals surface area contributed by atoms with E-state index in [2.05, 4.69) is 0 Å². The second kappa shape index (κ2) is 8.53. The summed E-state index contributed by atoms with van der Waals surface area (Å²) >= 11 is 0. The summed E-state index contributed by atoms with van der Waals surface area (Å²) in [5, 5.41) is 0. The lowest BCUT2D eigenvalue weighted by molar-refractivity contribution is -0.141. The minimum Gasteiger partial charge on any atom is -0.444 e. The van der Waals surface area contributed by atoms with E-state index in [4.69, 9.17) is 4.74 Å². The van der Waals surface area contributed by atoms with Gasteiger partial charge in [-0.15, -0.1) is 0 Å². The molecule has 9 heteroatoms. The number of benzene rings is 1. The normalized spacial score (nSPS) is 22.6. The number of carbonyl (C=O) groups excluding carboxylic acids is 2. The van der Waals surface area contributed by atoms with Gasteiger partial charge in [-0.25, -0.2) is 17.6 Å². The molecule has 30 heavy (non-hydrogen) atoms. The van der Waals surface area contributed by atoms with Crippen LogP contribution in [0, 0.1) is 11.7 Å². The van der Waals surface area contributed by atoms with E-state index >= 15 is 0 Å². The van der Waals surface area contributed by atoms with Crippen molar-refractivity contribution in [2.75, 3.05) is 31.1 Å². The zero-order chi connectivity index (χ0) is 22.1. The molecule has 1 aromatic carbocycles. The van der Waals surface area contributed by atoms with Gasteiger partial charge in [0, 0.05) is 25.6 Å². The molecule has 2 heterocycles. The van der Waals surface area contributed by atoms with Crippen molar-refractivity contribution in [2.45, 2.75) is 45.3 Å². The lowest BCUT2D eigenvalue weighted by Gasteiger charge is -2.43. The molecule has 2 aliphatic heterocycles. The van der Waals surface area contributed by atoms with E-state index in [1.807, 2.05) is 0 Å². The van der Waals surface area contributed by atoms with E-state index in [1.54, 1.807) is 37.8 Å². The van der Waals surface area contributed by atoms with Gasteiger partial charge in [-0.2, -0.15) is 0 Å². The maximum atomic E-state index is 13.9. The van der Waals surface area contributed by atoms with E-state index in [0.29, 0.717) is 24.9 Å². The average Bonchev–Trinajstić information content (AvgIpc) is 2.65. The topological polar surface area (TPSA) is 84.0 Å². The molecular weight excluding hydrogens is 411 g/mol. The second-order valence-corrected chi connectivity index (χ2v) is 11.3. The summed E-state index contributed by atoms with van der Waals surface area (Å²) < 4.78 is 42.8. The molecule has 0 aliphatic carbocycles. The van der Waals surface area contributed by atoms with Gasteiger partial charge in [0.25, 0.3) is 0 Å². The summed E-state index contributed by atoms with van der Waals surface area (Å²) in [5.41, 5.74) is -0.0496. The van der Waals surface area contributed by atoms with Gasteiger partial charge in [-0.3, -0.25) is 4.79 Å². The number of carbonyl (C=O) groups is 2. The number of sulfone groups is 1. The van der Waals surface area contributed by atoms with E-state index in [9.17, 15) is 22.4 Å². The van der Waals surface area contributed by atoms with Gasteiger partial charge < -0.3 is 14.5 Å². The summed E-state index contributed by atoms with van der Waals surface area (Å²) in [6.07, 6.45) is 0.117. The van der Waals surface area contributed by atoms with Crippen molar-refractivity contribution in [3.05, 3.63) is 35.6 Å². The van der Waals surface area contributed by atoms with Crippen LogP contribution in [0.5, 0.6) is 0 Å². The number of halogens is 1. The van der Waals surface area contributed by atoms with Crippen LogP contribution in [0.1, 0.15) is 45.2 Å². The van der Waals surface area contributed by atoms with Crippen molar-refractivity contribution < 1.29 is 27.1 Å². The van der Waals surface area contributed by atoms with Gasteiger partial charge in [-0.05, 0) is 51.3 Å². The van der Waals surface area contributed by atoms with Gasteiger partial charge in [0.15, 0.2) is 0 Å². The highest BCUT2D eigenvalue weighted by Gasteiger charge is 2.39. The van der Waals surface area contributed by atoms with Crippen molar-refractivity contribution in [2.24, 2.45) is 5.92 Å². The molecule has 0 bridgehead atoms.